The van der Waals surface area contributed by atoms with E-state index < -0.39 is 5.89 Å². The van der Waals surface area contributed by atoms with Crippen molar-refractivity contribution in [1.29, 1.82) is 0 Å². The van der Waals surface area contributed by atoms with E-state index in [-0.39, 0.29) is 5.41 Å². The Morgan fingerprint density at radius 2 is 1.62 bits per heavy atom. The average Bonchev–Trinajstić information content (AvgIpc) is 2.47. The van der Waals surface area contributed by atoms with E-state index in [9.17, 15) is 0 Å². The van der Waals surface area contributed by atoms with Crippen LogP contribution in [0.5, 0.6) is 0 Å². The molecule has 0 nitrogen and oxygen atoms in total. The molecule has 0 heterocycles. The van der Waals surface area contributed by atoms with Crippen molar-refractivity contribution in [2.45, 2.75) is 71.1 Å². The highest BCUT2D eigenvalue weighted by atomic mass is 14.3. The Kier molecular flexibility index (Phi) is 3.49. The molecule has 0 N–H and O–H groups in total. The molecule has 0 amide bonds. The summed E-state index contributed by atoms with van der Waals surface area (Å²) < 4.78 is 9.12. The Balaban J connectivity index is 2.31. The van der Waals surface area contributed by atoms with Crippen LogP contribution >= 0.6 is 0 Å². The number of benzene rings is 2. The molecule has 1 saturated carbocycles. The van der Waals surface area contributed by atoms with Gasteiger partial charge >= 0.3 is 0 Å². The smallest absolute Gasteiger partial charge is 0.0352 e. The molecular weight excluding hydrogens is 252 g/mol. The number of rotatable bonds is 1. The molecule has 0 radical (unpaired) electrons. The van der Waals surface area contributed by atoms with Crippen LogP contribution in [0.25, 0.3) is 10.8 Å². The first kappa shape index (κ1) is 13.4. The summed E-state index contributed by atoms with van der Waals surface area (Å²) in [5, 5.41) is 2.63. The van der Waals surface area contributed by atoms with Gasteiger partial charge in [-0.25, -0.2) is 0 Å². The normalized spacial score (nSPS) is 19.5. The van der Waals surface area contributed by atoms with Crippen LogP contribution in [0.4, 0.5) is 0 Å². The van der Waals surface area contributed by atoms with Crippen LogP contribution in [0.2, 0.25) is 0 Å². The largest absolute Gasteiger partial charge is 0.0616 e. The molecule has 0 saturated heterocycles. The van der Waals surface area contributed by atoms with Crippen LogP contribution in [0.1, 0.15) is 76.8 Å². The Labute approximate surface area is 131 Å². The Bertz CT molecular complexity index is 685. The van der Waals surface area contributed by atoms with Gasteiger partial charge in [-0.15, -0.1) is 0 Å². The molecule has 1 fully saturated rings. The third-order valence-electron chi connectivity index (χ3n) is 4.96. The highest BCUT2D eigenvalue weighted by molar-refractivity contribution is 5.90. The second-order valence-electron chi connectivity index (χ2n) is 7.56. The van der Waals surface area contributed by atoms with E-state index >= 15 is 0 Å². The molecule has 1 aliphatic rings. The fourth-order valence-electron chi connectivity index (χ4n) is 3.84. The van der Waals surface area contributed by atoms with E-state index in [1.54, 1.807) is 0 Å². The molecule has 0 heteroatoms. The Morgan fingerprint density at radius 3 is 2.24 bits per heavy atom. The molecule has 0 aromatic heterocycles. The molecule has 21 heavy (non-hydrogen) atoms. The van der Waals surface area contributed by atoms with Gasteiger partial charge in [-0.3, -0.25) is 0 Å². The van der Waals surface area contributed by atoms with Crippen molar-refractivity contribution in [1.82, 2.24) is 0 Å². The molecule has 0 aliphatic heterocycles. The summed E-state index contributed by atoms with van der Waals surface area (Å²) in [6.07, 6.45) is 5.68. The van der Waals surface area contributed by atoms with Crippen LogP contribution in [0.15, 0.2) is 30.3 Å². The van der Waals surface area contributed by atoms with Gasteiger partial charge in [0, 0.05) is 1.37 Å². The fourth-order valence-corrected chi connectivity index (χ4v) is 3.84. The predicted molar refractivity (Wildman–Crippen MR) is 93.2 cm³/mol. The first-order chi connectivity index (χ1) is 10.3. The van der Waals surface area contributed by atoms with Crippen LogP contribution in [-0.2, 0) is 5.41 Å². The maximum atomic E-state index is 9.12. The summed E-state index contributed by atoms with van der Waals surface area (Å²) in [6, 6.07) is 11.1. The highest BCUT2D eigenvalue weighted by Crippen LogP contribution is 2.40. The Hall–Kier alpha value is -1.30. The van der Waals surface area contributed by atoms with Crippen molar-refractivity contribution in [3.63, 3.8) is 0 Å². The van der Waals surface area contributed by atoms with Crippen LogP contribution in [0.3, 0.4) is 0 Å². The summed E-state index contributed by atoms with van der Waals surface area (Å²) in [5.41, 5.74) is 4.16. The first-order valence-corrected chi connectivity index (χ1v) is 8.36. The summed E-state index contributed by atoms with van der Waals surface area (Å²) in [6.45, 7) is 9.09. The zero-order chi connectivity index (χ0) is 16.0. The molecule has 0 unspecified atom stereocenters. The maximum absolute atomic E-state index is 9.12. The van der Waals surface area contributed by atoms with Gasteiger partial charge in [0.15, 0.2) is 0 Å². The lowest BCUT2D eigenvalue weighted by atomic mass is 9.76. The number of hydrogen-bond donors (Lipinski definition) is 0. The summed E-state index contributed by atoms with van der Waals surface area (Å²) >= 11 is 0. The summed E-state index contributed by atoms with van der Waals surface area (Å²) in [7, 11) is 0. The number of hydrogen-bond acceptors (Lipinski definition) is 0. The van der Waals surface area contributed by atoms with E-state index in [0.717, 1.165) is 12.8 Å². The van der Waals surface area contributed by atoms with Crippen molar-refractivity contribution >= 4 is 10.8 Å². The lowest BCUT2D eigenvalue weighted by Crippen LogP contribution is -2.15. The van der Waals surface area contributed by atoms with Gasteiger partial charge in [0.1, 0.15) is 0 Å². The molecular formula is C21H28. The minimum atomic E-state index is -0.397. The maximum Gasteiger partial charge on any atom is 0.0352 e. The minimum absolute atomic E-state index is 0.119. The number of aryl methyl sites for hydroxylation is 1. The topological polar surface area (TPSA) is 0 Å². The minimum Gasteiger partial charge on any atom is -0.0616 e. The molecule has 1 aliphatic carbocycles. The SMILES string of the molecule is [2H]C1(c2cc(C(C)(C)C)c(C)c3ccccc23)CCCCC1. The second-order valence-corrected chi connectivity index (χ2v) is 7.56. The first-order valence-electron chi connectivity index (χ1n) is 8.86. The van der Waals surface area contributed by atoms with Crippen molar-refractivity contribution in [3.8, 4) is 0 Å². The van der Waals surface area contributed by atoms with Gasteiger partial charge in [-0.1, -0.05) is 70.4 Å². The van der Waals surface area contributed by atoms with Gasteiger partial charge in [0.2, 0.25) is 0 Å². The molecule has 0 spiro atoms. The fraction of sp³-hybridized carbons (Fsp3) is 0.524. The van der Waals surface area contributed by atoms with E-state index in [1.165, 1.54) is 46.7 Å². The third kappa shape index (κ3) is 2.73. The lowest BCUT2D eigenvalue weighted by molar-refractivity contribution is 0.444. The highest BCUT2D eigenvalue weighted by Gasteiger charge is 2.23. The van der Waals surface area contributed by atoms with E-state index in [1.807, 2.05) is 0 Å². The average molecular weight is 281 g/mol. The van der Waals surface area contributed by atoms with Crippen LogP contribution in [-0.4, -0.2) is 0 Å². The predicted octanol–water partition coefficient (Wildman–Crippen LogP) is 6.49. The monoisotopic (exact) mass is 281 g/mol. The molecule has 0 atom stereocenters. The van der Waals surface area contributed by atoms with E-state index in [2.05, 4.69) is 58.0 Å². The number of fused-ring (bicyclic) bond motifs is 1. The van der Waals surface area contributed by atoms with Crippen LogP contribution < -0.4 is 0 Å². The lowest BCUT2D eigenvalue weighted by Gasteiger charge is -2.29. The second kappa shape index (κ2) is 5.48. The molecule has 2 aromatic carbocycles. The molecule has 0 bridgehead atoms. The molecule has 112 valence electrons. The van der Waals surface area contributed by atoms with Gasteiger partial charge in [0.05, 0.1) is 0 Å². The van der Waals surface area contributed by atoms with Crippen molar-refractivity contribution in [3.05, 3.63) is 47.0 Å². The summed E-state index contributed by atoms with van der Waals surface area (Å²) in [5.74, 6) is -0.397. The standard InChI is InChI=1S/C21H28/c1-15-17-12-8-9-13-18(17)19(14-20(15)21(2,3)4)16-10-6-5-7-11-16/h8-9,12-14,16H,5-7,10-11H2,1-4H3/i16D. The van der Waals surface area contributed by atoms with E-state index in [0.29, 0.717) is 0 Å². The van der Waals surface area contributed by atoms with Crippen molar-refractivity contribution in [2.24, 2.45) is 0 Å². The van der Waals surface area contributed by atoms with Crippen molar-refractivity contribution < 1.29 is 1.37 Å². The van der Waals surface area contributed by atoms with Gasteiger partial charge < -0.3 is 0 Å². The third-order valence-corrected chi connectivity index (χ3v) is 4.96. The molecule has 2 aromatic rings. The molecule has 3 rings (SSSR count). The van der Waals surface area contributed by atoms with Crippen LogP contribution in [0, 0.1) is 6.92 Å². The quantitative estimate of drug-likeness (QED) is 0.560. The van der Waals surface area contributed by atoms with E-state index in [4.69, 9.17) is 1.37 Å². The van der Waals surface area contributed by atoms with Gasteiger partial charge in [0.25, 0.3) is 0 Å². The van der Waals surface area contributed by atoms with Gasteiger partial charge in [-0.05, 0) is 58.5 Å². The van der Waals surface area contributed by atoms with Gasteiger partial charge in [-0.2, -0.15) is 0 Å². The Morgan fingerprint density at radius 1 is 1.00 bits per heavy atom. The zero-order valence-corrected chi connectivity index (χ0v) is 13.9. The zero-order valence-electron chi connectivity index (χ0n) is 14.9. The summed E-state index contributed by atoms with van der Waals surface area (Å²) in [4.78, 5) is 0. The van der Waals surface area contributed by atoms with Crippen molar-refractivity contribution in [2.75, 3.05) is 0 Å².